The normalized spacial score (nSPS) is 26.2. The molecule has 0 radical (unpaired) electrons. The average Bonchev–Trinajstić information content (AvgIpc) is 3.44. The zero-order valence-electron chi connectivity index (χ0n) is 28.6. The molecule has 51 heavy (non-hydrogen) atoms. The number of ether oxygens (including phenoxy) is 2. The molecule has 13 heteroatoms. The minimum absolute atomic E-state index is 0.0725. The van der Waals surface area contributed by atoms with Gasteiger partial charge in [-0.1, -0.05) is 37.1 Å². The molecule has 0 bridgehead atoms. The van der Waals surface area contributed by atoms with Crippen LogP contribution >= 0.6 is 11.3 Å². The third kappa shape index (κ3) is 5.75. The van der Waals surface area contributed by atoms with E-state index in [1.54, 1.807) is 48.0 Å². The smallest absolute Gasteiger partial charge is 0.355 e. The van der Waals surface area contributed by atoms with E-state index in [1.165, 1.54) is 11.3 Å². The first-order valence-corrected chi connectivity index (χ1v) is 18.8. The van der Waals surface area contributed by atoms with Crippen molar-refractivity contribution in [2.45, 2.75) is 56.7 Å². The van der Waals surface area contributed by atoms with Crippen molar-refractivity contribution < 1.29 is 37.9 Å². The number of fused-ring (bicyclic) bond motifs is 2. The van der Waals surface area contributed by atoms with Gasteiger partial charge in [-0.2, -0.15) is 4.48 Å². The number of hydrogen-bond donors (Lipinski definition) is 1. The molecule has 1 unspecified atom stereocenters. The van der Waals surface area contributed by atoms with E-state index < -0.39 is 23.9 Å². The number of carbonyl (C=O) groups is 5. The molecule has 5 atom stereocenters. The Bertz CT molecular complexity index is 1850. The van der Waals surface area contributed by atoms with Crippen LogP contribution in [0.25, 0.3) is 0 Å². The molecule has 8 rings (SSSR count). The lowest BCUT2D eigenvalue weighted by molar-refractivity contribution is -0.634. The Hall–Kier alpha value is -4.46. The molecular weight excluding hydrogens is 671 g/mol. The molecule has 4 aliphatic heterocycles. The van der Waals surface area contributed by atoms with E-state index in [9.17, 15) is 24.0 Å². The van der Waals surface area contributed by atoms with Gasteiger partial charge in [0.1, 0.15) is 29.3 Å². The molecule has 1 saturated carbocycles. The number of quaternary nitrogens is 1. The second-order valence-electron chi connectivity index (χ2n) is 14.3. The molecule has 266 valence electrons. The first-order valence-electron chi connectivity index (χ1n) is 17.9. The summed E-state index contributed by atoms with van der Waals surface area (Å²) in [5.41, 5.74) is 4.31. The van der Waals surface area contributed by atoms with Gasteiger partial charge in [-0.3, -0.25) is 19.4 Å². The van der Waals surface area contributed by atoms with Crippen molar-refractivity contribution in [2.75, 3.05) is 46.4 Å². The number of benzene rings is 2. The maximum absolute atomic E-state index is 14.9. The van der Waals surface area contributed by atoms with Crippen LogP contribution in [0.3, 0.4) is 0 Å². The third-order valence-corrected chi connectivity index (χ3v) is 12.2. The first kappa shape index (κ1) is 33.7. The van der Waals surface area contributed by atoms with Gasteiger partial charge >= 0.3 is 11.8 Å². The third-order valence-electron chi connectivity index (χ3n) is 11.5. The summed E-state index contributed by atoms with van der Waals surface area (Å²) in [5.74, 6) is -1.19. The maximum Gasteiger partial charge on any atom is 0.355 e. The van der Waals surface area contributed by atoms with Crippen LogP contribution in [0.1, 0.15) is 79.7 Å². The highest BCUT2D eigenvalue weighted by Gasteiger charge is 2.75. The Morgan fingerprint density at radius 2 is 1.75 bits per heavy atom. The van der Waals surface area contributed by atoms with Crippen molar-refractivity contribution in [1.29, 1.82) is 0 Å². The summed E-state index contributed by atoms with van der Waals surface area (Å²) >= 11 is 1.31. The monoisotopic (exact) mass is 712 g/mol. The molecule has 5 heterocycles. The second-order valence-corrected chi connectivity index (χ2v) is 15.1. The molecule has 1 aromatic heterocycles. The number of aromatic nitrogens is 1. The standard InChI is InChI=1S/C38H41N5O7S/c1-49-18-15-40-34(44)25-8-2-3-9-26(25)35(45)42-17-13-23-7-6-12-30(50-24-14-16-41(20-24)36(46)31-19-39-22-51-31)32(23)33(42)29-21-43(29)37(47)27-10-4-5-11-28(27)38(43)48/h4-7,10-12,19,22,24-26,29,33H,2-3,8-9,13-18,20-21H2,1H3/p+1/t24-,25-,26+,29?,33+/m0/s1. The molecular formula is C38H42N5O7S+. The Morgan fingerprint density at radius 1 is 0.980 bits per heavy atom. The summed E-state index contributed by atoms with van der Waals surface area (Å²) in [5, 5.41) is 2.96. The molecule has 1 N–H and O–H groups in total. The van der Waals surface area contributed by atoms with Crippen LogP contribution in [-0.2, 0) is 20.7 Å². The predicted molar refractivity (Wildman–Crippen MR) is 186 cm³/mol. The van der Waals surface area contributed by atoms with Crippen molar-refractivity contribution in [3.8, 4) is 5.75 Å². The van der Waals surface area contributed by atoms with E-state index in [1.807, 2.05) is 23.1 Å². The van der Waals surface area contributed by atoms with Crippen LogP contribution in [0.15, 0.2) is 54.2 Å². The van der Waals surface area contributed by atoms with Crippen LogP contribution in [0.5, 0.6) is 5.75 Å². The van der Waals surface area contributed by atoms with Gasteiger partial charge < -0.3 is 24.6 Å². The number of thiazole rings is 1. The number of imide groups is 1. The molecule has 3 fully saturated rings. The van der Waals surface area contributed by atoms with Crippen molar-refractivity contribution in [1.82, 2.24) is 20.1 Å². The quantitative estimate of drug-likeness (QED) is 0.154. The molecule has 1 aliphatic carbocycles. The first-order chi connectivity index (χ1) is 24.8. The van der Waals surface area contributed by atoms with Crippen LogP contribution < -0.4 is 10.1 Å². The molecule has 2 saturated heterocycles. The van der Waals surface area contributed by atoms with E-state index in [2.05, 4.69) is 10.3 Å². The molecule has 1 spiro atoms. The summed E-state index contributed by atoms with van der Waals surface area (Å²) < 4.78 is 11.5. The lowest BCUT2D eigenvalue weighted by Crippen LogP contribution is -2.51. The van der Waals surface area contributed by atoms with Crippen LogP contribution in [0, 0.1) is 11.8 Å². The lowest BCUT2D eigenvalue weighted by Gasteiger charge is -2.41. The summed E-state index contributed by atoms with van der Waals surface area (Å²) in [6.07, 6.45) is 5.43. The van der Waals surface area contributed by atoms with Gasteiger partial charge in [-0.25, -0.2) is 9.59 Å². The van der Waals surface area contributed by atoms with Gasteiger partial charge in [-0.05, 0) is 43.0 Å². The molecule has 3 aromatic rings. The van der Waals surface area contributed by atoms with E-state index in [-0.39, 0.29) is 46.7 Å². The Morgan fingerprint density at radius 3 is 2.47 bits per heavy atom. The second kappa shape index (κ2) is 13.6. The number of nitrogens with zero attached hydrogens (tertiary/aromatic N) is 4. The van der Waals surface area contributed by atoms with Gasteiger partial charge in [0.05, 0.1) is 36.0 Å². The number of nitrogens with one attached hydrogen (secondary N) is 1. The summed E-state index contributed by atoms with van der Waals surface area (Å²) in [4.78, 5) is 77.8. The van der Waals surface area contributed by atoms with Gasteiger partial charge in [-0.15, -0.1) is 11.3 Å². The van der Waals surface area contributed by atoms with Gasteiger partial charge in [0.15, 0.2) is 6.04 Å². The minimum Gasteiger partial charge on any atom is -0.488 e. The fraction of sp³-hybridized carbons (Fsp3) is 0.474. The Balaban J connectivity index is 1.13. The van der Waals surface area contributed by atoms with E-state index in [0.29, 0.717) is 80.2 Å². The highest BCUT2D eigenvalue weighted by molar-refractivity contribution is 7.11. The number of rotatable bonds is 9. The summed E-state index contributed by atoms with van der Waals surface area (Å²) in [6, 6.07) is 11.7. The van der Waals surface area contributed by atoms with Gasteiger partial charge in [0, 0.05) is 50.6 Å². The Labute approximate surface area is 300 Å². The number of hydrogen-bond acceptors (Lipinski definition) is 9. The SMILES string of the molecule is COCCNC(=O)[C@H]1CCCC[C@H]1C(=O)N1CCc2cccc(O[C@H]3CCN(C(=O)c4cncs4)C3)c2[C@H]1C1C[N+]12C(=O)c1ccccc1C2=O. The molecule has 5 aliphatic rings. The number of amides is 5. The van der Waals surface area contributed by atoms with E-state index >= 15 is 0 Å². The van der Waals surface area contributed by atoms with Gasteiger partial charge in [0.25, 0.3) is 5.91 Å². The number of methoxy groups -OCH3 is 1. The predicted octanol–water partition coefficient (Wildman–Crippen LogP) is 3.62. The topological polar surface area (TPSA) is 135 Å². The maximum atomic E-state index is 14.9. The summed E-state index contributed by atoms with van der Waals surface area (Å²) in [6.45, 7) is 2.39. The zero-order valence-corrected chi connectivity index (χ0v) is 29.4. The average molecular weight is 713 g/mol. The zero-order chi connectivity index (χ0) is 35.3. The fourth-order valence-corrected chi connectivity index (χ4v) is 9.48. The minimum atomic E-state index is -0.616. The highest BCUT2D eigenvalue weighted by Crippen LogP contribution is 2.53. The Kier molecular flexibility index (Phi) is 8.97. The number of carbonyl (C=O) groups excluding carboxylic acids is 5. The largest absolute Gasteiger partial charge is 0.488 e. The van der Waals surface area contributed by atoms with E-state index in [4.69, 9.17) is 9.47 Å². The van der Waals surface area contributed by atoms with Crippen LogP contribution in [0.4, 0.5) is 0 Å². The lowest BCUT2D eigenvalue weighted by atomic mass is 9.77. The fourth-order valence-electron chi connectivity index (χ4n) is 8.89. The van der Waals surface area contributed by atoms with Crippen molar-refractivity contribution in [2.24, 2.45) is 11.8 Å². The van der Waals surface area contributed by atoms with Crippen molar-refractivity contribution in [3.63, 3.8) is 0 Å². The highest BCUT2D eigenvalue weighted by atomic mass is 32.1. The molecule has 12 nitrogen and oxygen atoms in total. The van der Waals surface area contributed by atoms with Crippen LogP contribution in [-0.4, -0.2) is 107 Å². The van der Waals surface area contributed by atoms with Crippen molar-refractivity contribution in [3.05, 3.63) is 81.3 Å². The summed E-state index contributed by atoms with van der Waals surface area (Å²) in [7, 11) is 1.58. The molecule has 5 amide bonds. The van der Waals surface area contributed by atoms with Crippen LogP contribution in [0.2, 0.25) is 0 Å². The van der Waals surface area contributed by atoms with Crippen molar-refractivity contribution >= 4 is 40.9 Å². The number of likely N-dealkylation sites (tertiary alicyclic amines) is 1. The molecule has 2 aromatic carbocycles. The van der Waals surface area contributed by atoms with Gasteiger partial charge in [0.2, 0.25) is 11.8 Å². The van der Waals surface area contributed by atoms with E-state index in [0.717, 1.165) is 24.0 Å².